The van der Waals surface area contributed by atoms with Gasteiger partial charge in [0, 0.05) is 18.5 Å². The number of fused-ring (bicyclic) bond motifs is 1. The number of carbonyl (C=O) groups excluding carboxylic acids is 1. The number of rotatable bonds is 4. The van der Waals surface area contributed by atoms with E-state index >= 15 is 0 Å². The molecule has 0 saturated carbocycles. The summed E-state index contributed by atoms with van der Waals surface area (Å²) in [6.45, 7) is 2.62. The van der Waals surface area contributed by atoms with Crippen molar-refractivity contribution in [1.82, 2.24) is 9.97 Å². The maximum atomic E-state index is 11.1. The van der Waals surface area contributed by atoms with Crippen LogP contribution in [0.2, 0.25) is 0 Å². The number of thiophene rings is 1. The molecule has 96 valence electrons. The molecule has 0 aliphatic carbocycles. The fourth-order valence-electron chi connectivity index (χ4n) is 1.73. The van der Waals surface area contributed by atoms with Crippen LogP contribution in [-0.2, 0) is 9.53 Å². The molecule has 0 amide bonds. The van der Waals surface area contributed by atoms with Crippen LogP contribution in [0.15, 0.2) is 12.4 Å². The number of hydrogen-bond donors (Lipinski definition) is 0. The zero-order valence-corrected chi connectivity index (χ0v) is 11.5. The van der Waals surface area contributed by atoms with Gasteiger partial charge in [0.15, 0.2) is 0 Å². The second-order valence-electron chi connectivity index (χ2n) is 4.02. The summed E-state index contributed by atoms with van der Waals surface area (Å²) in [6, 6.07) is 2.07. The van der Waals surface area contributed by atoms with Gasteiger partial charge in [-0.25, -0.2) is 9.97 Å². The lowest BCUT2D eigenvalue weighted by molar-refractivity contribution is -0.140. The summed E-state index contributed by atoms with van der Waals surface area (Å²) >= 11 is 1.64. The average molecular weight is 265 g/mol. The Labute approximate surface area is 109 Å². The minimum absolute atomic E-state index is 0.214. The summed E-state index contributed by atoms with van der Waals surface area (Å²) in [5.41, 5.74) is 0. The number of carbonyl (C=O) groups is 1. The van der Waals surface area contributed by atoms with Gasteiger partial charge < -0.3 is 9.64 Å². The highest BCUT2D eigenvalue weighted by molar-refractivity contribution is 7.18. The molecular formula is C12H15N3O2S. The van der Waals surface area contributed by atoms with Gasteiger partial charge in [-0.05, 0) is 13.0 Å². The van der Waals surface area contributed by atoms with Crippen LogP contribution in [0, 0.1) is 6.92 Å². The van der Waals surface area contributed by atoms with Crippen LogP contribution in [-0.4, -0.2) is 36.6 Å². The molecule has 0 aromatic carbocycles. The number of nitrogens with zero attached hydrogens (tertiary/aromatic N) is 3. The van der Waals surface area contributed by atoms with Crippen LogP contribution < -0.4 is 4.90 Å². The Morgan fingerprint density at radius 1 is 1.50 bits per heavy atom. The van der Waals surface area contributed by atoms with Gasteiger partial charge in [0.05, 0.1) is 18.9 Å². The molecule has 0 spiro atoms. The molecule has 6 heteroatoms. The van der Waals surface area contributed by atoms with E-state index in [9.17, 15) is 4.79 Å². The number of hydrogen-bond acceptors (Lipinski definition) is 6. The highest BCUT2D eigenvalue weighted by Gasteiger charge is 2.12. The summed E-state index contributed by atoms with van der Waals surface area (Å²) in [6.07, 6.45) is 1.91. The smallest absolute Gasteiger partial charge is 0.307 e. The molecule has 2 rings (SSSR count). The van der Waals surface area contributed by atoms with E-state index in [-0.39, 0.29) is 5.97 Å². The molecule has 0 radical (unpaired) electrons. The van der Waals surface area contributed by atoms with Gasteiger partial charge in [0.2, 0.25) is 0 Å². The molecule has 2 aromatic heterocycles. The first-order valence-electron chi connectivity index (χ1n) is 5.61. The molecule has 0 fully saturated rings. The lowest BCUT2D eigenvalue weighted by Gasteiger charge is -2.17. The average Bonchev–Trinajstić information content (AvgIpc) is 2.75. The van der Waals surface area contributed by atoms with E-state index in [2.05, 4.69) is 20.8 Å². The Balaban J connectivity index is 2.21. The Hall–Kier alpha value is -1.69. The van der Waals surface area contributed by atoms with Gasteiger partial charge in [0.1, 0.15) is 17.0 Å². The normalized spacial score (nSPS) is 10.6. The lowest BCUT2D eigenvalue weighted by atomic mass is 10.3. The van der Waals surface area contributed by atoms with E-state index in [1.807, 2.05) is 18.9 Å². The molecule has 0 saturated heterocycles. The highest BCUT2D eigenvalue weighted by atomic mass is 32.1. The highest BCUT2D eigenvalue weighted by Crippen LogP contribution is 2.29. The van der Waals surface area contributed by atoms with E-state index in [1.165, 1.54) is 12.0 Å². The van der Waals surface area contributed by atoms with E-state index < -0.39 is 0 Å². The van der Waals surface area contributed by atoms with E-state index in [4.69, 9.17) is 0 Å². The largest absolute Gasteiger partial charge is 0.469 e. The predicted octanol–water partition coefficient (Wildman–Crippen LogP) is 2.00. The first kappa shape index (κ1) is 12.8. The molecule has 0 atom stereocenters. The van der Waals surface area contributed by atoms with Crippen LogP contribution in [0.4, 0.5) is 5.82 Å². The number of aryl methyl sites for hydroxylation is 1. The van der Waals surface area contributed by atoms with Crippen molar-refractivity contribution in [2.75, 3.05) is 25.6 Å². The maximum Gasteiger partial charge on any atom is 0.307 e. The third-order valence-corrected chi connectivity index (χ3v) is 3.63. The number of ether oxygens (including phenoxy) is 1. The monoisotopic (exact) mass is 265 g/mol. The fraction of sp³-hybridized carbons (Fsp3) is 0.417. The Kier molecular flexibility index (Phi) is 3.76. The minimum atomic E-state index is -0.214. The number of methoxy groups -OCH3 is 1. The topological polar surface area (TPSA) is 55.3 Å². The van der Waals surface area contributed by atoms with Crippen LogP contribution >= 0.6 is 11.3 Å². The third kappa shape index (κ3) is 2.59. The molecule has 2 heterocycles. The molecule has 5 nitrogen and oxygen atoms in total. The van der Waals surface area contributed by atoms with Crippen LogP contribution in [0.1, 0.15) is 11.3 Å². The zero-order valence-electron chi connectivity index (χ0n) is 10.6. The number of anilines is 1. The molecule has 0 unspecified atom stereocenters. The summed E-state index contributed by atoms with van der Waals surface area (Å²) in [7, 11) is 3.31. The Morgan fingerprint density at radius 2 is 2.28 bits per heavy atom. The first-order valence-corrected chi connectivity index (χ1v) is 6.42. The van der Waals surface area contributed by atoms with Crippen molar-refractivity contribution >= 4 is 33.3 Å². The van der Waals surface area contributed by atoms with Gasteiger partial charge in [-0.3, -0.25) is 4.79 Å². The van der Waals surface area contributed by atoms with Gasteiger partial charge in [-0.1, -0.05) is 0 Å². The van der Waals surface area contributed by atoms with Crippen molar-refractivity contribution in [3.8, 4) is 0 Å². The standard InChI is InChI=1S/C12H15N3O2S/c1-8-6-9-11(13-7-14-12(9)18-8)15(2)5-4-10(16)17-3/h6-7H,4-5H2,1-3H3. The SMILES string of the molecule is COC(=O)CCN(C)c1ncnc2sc(C)cc12. The van der Waals surface area contributed by atoms with Crippen LogP contribution in [0.3, 0.4) is 0 Å². The van der Waals surface area contributed by atoms with E-state index in [1.54, 1.807) is 17.7 Å². The fourth-order valence-corrected chi connectivity index (χ4v) is 2.58. The van der Waals surface area contributed by atoms with Crippen LogP contribution in [0.25, 0.3) is 10.2 Å². The van der Waals surface area contributed by atoms with Gasteiger partial charge in [-0.15, -0.1) is 11.3 Å². The van der Waals surface area contributed by atoms with Gasteiger partial charge in [-0.2, -0.15) is 0 Å². The molecule has 0 aliphatic heterocycles. The van der Waals surface area contributed by atoms with Crippen LogP contribution in [0.5, 0.6) is 0 Å². The minimum Gasteiger partial charge on any atom is -0.469 e. The van der Waals surface area contributed by atoms with Crippen molar-refractivity contribution in [2.45, 2.75) is 13.3 Å². The van der Waals surface area contributed by atoms with Gasteiger partial charge in [0.25, 0.3) is 0 Å². The Bertz CT molecular complexity index is 567. The zero-order chi connectivity index (χ0) is 13.1. The maximum absolute atomic E-state index is 11.1. The predicted molar refractivity (Wildman–Crippen MR) is 72.1 cm³/mol. The van der Waals surface area contributed by atoms with Crippen molar-refractivity contribution in [3.05, 3.63) is 17.3 Å². The molecule has 0 N–H and O–H groups in total. The third-order valence-electron chi connectivity index (χ3n) is 2.67. The molecule has 18 heavy (non-hydrogen) atoms. The number of aromatic nitrogens is 2. The first-order chi connectivity index (χ1) is 8.61. The molecular weight excluding hydrogens is 250 g/mol. The van der Waals surface area contributed by atoms with Crippen molar-refractivity contribution in [3.63, 3.8) is 0 Å². The number of esters is 1. The summed E-state index contributed by atoms with van der Waals surface area (Å²) in [4.78, 5) is 23.8. The summed E-state index contributed by atoms with van der Waals surface area (Å²) < 4.78 is 4.63. The second-order valence-corrected chi connectivity index (χ2v) is 5.26. The van der Waals surface area contributed by atoms with Gasteiger partial charge >= 0.3 is 5.97 Å². The summed E-state index contributed by atoms with van der Waals surface area (Å²) in [5, 5.41) is 1.03. The molecule has 0 bridgehead atoms. The van der Waals surface area contributed by atoms with Crippen molar-refractivity contribution < 1.29 is 9.53 Å². The van der Waals surface area contributed by atoms with Crippen molar-refractivity contribution in [1.29, 1.82) is 0 Å². The lowest BCUT2D eigenvalue weighted by Crippen LogP contribution is -2.22. The van der Waals surface area contributed by atoms with E-state index in [0.717, 1.165) is 16.0 Å². The summed E-state index contributed by atoms with van der Waals surface area (Å²) in [5.74, 6) is 0.641. The molecule has 2 aromatic rings. The quantitative estimate of drug-likeness (QED) is 0.791. The second kappa shape index (κ2) is 5.30. The van der Waals surface area contributed by atoms with Crippen molar-refractivity contribution in [2.24, 2.45) is 0 Å². The molecule has 0 aliphatic rings. The van der Waals surface area contributed by atoms with E-state index in [0.29, 0.717) is 13.0 Å². The Morgan fingerprint density at radius 3 is 3.00 bits per heavy atom.